The smallest absolute Gasteiger partial charge is 0.302 e. The fourth-order valence-electron chi connectivity index (χ4n) is 0.266. The lowest BCUT2D eigenvalue weighted by atomic mass is 10.4. The molecular weight excluding hydrogens is 264 g/mol. The molecule has 5 N–H and O–H groups in total. The Morgan fingerprint density at radius 2 is 1.26 bits per heavy atom. The summed E-state index contributed by atoms with van der Waals surface area (Å²) < 4.78 is 4.35. The Balaban J connectivity index is -0.0000000944. The SMILES string of the molecule is CC(=O)O.CC(=O)O.CC(=O)OCC(O)CO.CO. The van der Waals surface area contributed by atoms with Crippen LogP contribution < -0.4 is 0 Å². The third-order valence-electron chi connectivity index (χ3n) is 0.690. The summed E-state index contributed by atoms with van der Waals surface area (Å²) in [5.41, 5.74) is 0. The zero-order valence-electron chi connectivity index (χ0n) is 11.4. The van der Waals surface area contributed by atoms with E-state index in [4.69, 9.17) is 35.1 Å². The van der Waals surface area contributed by atoms with Crippen molar-refractivity contribution < 1.29 is 44.7 Å². The molecule has 1 atom stereocenters. The number of carbonyl (C=O) groups excluding carboxylic acids is 1. The molecule has 9 nitrogen and oxygen atoms in total. The topological polar surface area (TPSA) is 162 Å². The van der Waals surface area contributed by atoms with Crippen molar-refractivity contribution in [2.45, 2.75) is 26.9 Å². The first kappa shape index (κ1) is 26.0. The number of carboxylic acid groups (broad SMARTS) is 2. The highest BCUT2D eigenvalue weighted by molar-refractivity contribution is 5.65. The van der Waals surface area contributed by atoms with Crippen molar-refractivity contribution in [2.75, 3.05) is 20.3 Å². The Labute approximate surface area is 111 Å². The van der Waals surface area contributed by atoms with Gasteiger partial charge in [0, 0.05) is 27.9 Å². The monoisotopic (exact) mass is 286 g/mol. The normalized spacial score (nSPS) is 9.00. The van der Waals surface area contributed by atoms with Crippen LogP contribution in [0.25, 0.3) is 0 Å². The van der Waals surface area contributed by atoms with Crippen molar-refractivity contribution in [3.63, 3.8) is 0 Å². The average Bonchev–Trinajstić information content (AvgIpc) is 2.27. The number of hydrogen-bond donors (Lipinski definition) is 5. The first-order valence-corrected chi connectivity index (χ1v) is 4.89. The number of carbonyl (C=O) groups is 3. The minimum atomic E-state index is -0.950. The number of aliphatic hydroxyl groups excluding tert-OH is 3. The molecule has 0 aromatic heterocycles. The molecule has 0 saturated heterocycles. The van der Waals surface area contributed by atoms with Gasteiger partial charge in [0.25, 0.3) is 11.9 Å². The van der Waals surface area contributed by atoms with Crippen molar-refractivity contribution in [3.05, 3.63) is 0 Å². The van der Waals surface area contributed by atoms with Gasteiger partial charge in [-0.05, 0) is 0 Å². The Hall–Kier alpha value is -1.71. The van der Waals surface area contributed by atoms with Crippen LogP contribution in [0.15, 0.2) is 0 Å². The van der Waals surface area contributed by atoms with Crippen molar-refractivity contribution >= 4 is 17.9 Å². The molecule has 0 aromatic carbocycles. The van der Waals surface area contributed by atoms with Crippen LogP contribution in [0, 0.1) is 0 Å². The number of rotatable bonds is 3. The maximum Gasteiger partial charge on any atom is 0.302 e. The van der Waals surface area contributed by atoms with E-state index in [0.29, 0.717) is 0 Å². The molecule has 0 saturated carbocycles. The number of esters is 1. The highest BCUT2D eigenvalue weighted by Gasteiger charge is 2.02. The van der Waals surface area contributed by atoms with Gasteiger partial charge in [-0.2, -0.15) is 0 Å². The van der Waals surface area contributed by atoms with E-state index in [1.165, 1.54) is 6.92 Å². The quantitative estimate of drug-likeness (QED) is 0.396. The lowest BCUT2D eigenvalue weighted by molar-refractivity contribution is -0.144. The Morgan fingerprint density at radius 1 is 1.00 bits per heavy atom. The third kappa shape index (κ3) is 119. The lowest BCUT2D eigenvalue weighted by Crippen LogP contribution is -2.20. The molecule has 0 heterocycles. The zero-order chi connectivity index (χ0) is 16.4. The molecule has 0 amide bonds. The second-order valence-corrected chi connectivity index (χ2v) is 2.68. The van der Waals surface area contributed by atoms with Crippen LogP contribution in [0.5, 0.6) is 0 Å². The van der Waals surface area contributed by atoms with E-state index < -0.39 is 24.0 Å². The first-order chi connectivity index (χ1) is 8.63. The molecule has 19 heavy (non-hydrogen) atoms. The van der Waals surface area contributed by atoms with Crippen molar-refractivity contribution in [1.29, 1.82) is 0 Å². The summed E-state index contributed by atoms with van der Waals surface area (Å²) in [5.74, 6) is -2.12. The summed E-state index contributed by atoms with van der Waals surface area (Å²) in [4.78, 5) is 28.0. The number of aliphatic hydroxyl groups is 3. The molecule has 0 aromatic rings. The fraction of sp³-hybridized carbons (Fsp3) is 0.700. The minimum Gasteiger partial charge on any atom is -0.481 e. The predicted octanol–water partition coefficient (Wildman–Crippen LogP) is -1.31. The molecule has 1 unspecified atom stereocenters. The van der Waals surface area contributed by atoms with Crippen LogP contribution in [-0.2, 0) is 19.1 Å². The van der Waals surface area contributed by atoms with Crippen LogP contribution >= 0.6 is 0 Å². The largest absolute Gasteiger partial charge is 0.481 e. The van der Waals surface area contributed by atoms with Gasteiger partial charge in [0.1, 0.15) is 12.7 Å². The fourth-order valence-corrected chi connectivity index (χ4v) is 0.266. The van der Waals surface area contributed by atoms with Crippen LogP contribution in [-0.4, -0.2) is 69.9 Å². The van der Waals surface area contributed by atoms with E-state index >= 15 is 0 Å². The lowest BCUT2D eigenvalue weighted by Gasteiger charge is -2.05. The Kier molecular flexibility index (Phi) is 29.5. The van der Waals surface area contributed by atoms with Gasteiger partial charge in [0.15, 0.2) is 0 Å². The number of aliphatic carboxylic acids is 2. The third-order valence-corrected chi connectivity index (χ3v) is 0.690. The number of ether oxygens (including phenoxy) is 1. The van der Waals surface area contributed by atoms with Crippen LogP contribution in [0.4, 0.5) is 0 Å². The van der Waals surface area contributed by atoms with E-state index in [0.717, 1.165) is 21.0 Å². The van der Waals surface area contributed by atoms with Gasteiger partial charge in [-0.1, -0.05) is 0 Å². The first-order valence-electron chi connectivity index (χ1n) is 4.89. The predicted molar refractivity (Wildman–Crippen MR) is 64.5 cm³/mol. The highest BCUT2D eigenvalue weighted by Crippen LogP contribution is 1.82. The maximum atomic E-state index is 10.0. The van der Waals surface area contributed by atoms with Gasteiger partial charge in [0.05, 0.1) is 6.61 Å². The summed E-state index contributed by atoms with van der Waals surface area (Å²) in [7, 11) is 1.00. The summed E-state index contributed by atoms with van der Waals surface area (Å²) in [6, 6.07) is 0. The molecule has 0 aliphatic carbocycles. The second kappa shape index (κ2) is 21.6. The van der Waals surface area contributed by atoms with Gasteiger partial charge >= 0.3 is 5.97 Å². The standard InChI is InChI=1S/C5H10O4.2C2H4O2.CH4O/c1-4(7)9-3-5(8)2-6;2*1-2(3)4;1-2/h5-6,8H,2-3H2,1H3;2*1H3,(H,3,4);2H,1H3. The van der Waals surface area contributed by atoms with Crippen LogP contribution in [0.1, 0.15) is 20.8 Å². The molecule has 9 heteroatoms. The van der Waals surface area contributed by atoms with Gasteiger partial charge in [-0.15, -0.1) is 0 Å². The van der Waals surface area contributed by atoms with Gasteiger partial charge in [0.2, 0.25) is 0 Å². The van der Waals surface area contributed by atoms with Gasteiger partial charge in [-0.3, -0.25) is 14.4 Å². The molecule has 116 valence electrons. The van der Waals surface area contributed by atoms with Gasteiger partial charge < -0.3 is 30.3 Å². The molecular formula is C10H22O9. The number of hydrogen-bond acceptors (Lipinski definition) is 7. The van der Waals surface area contributed by atoms with E-state index in [1.54, 1.807) is 0 Å². The highest BCUT2D eigenvalue weighted by atomic mass is 16.5. The van der Waals surface area contributed by atoms with E-state index in [1.807, 2.05) is 0 Å². The Bertz CT molecular complexity index is 207. The Morgan fingerprint density at radius 3 is 1.42 bits per heavy atom. The number of carboxylic acids is 2. The zero-order valence-corrected chi connectivity index (χ0v) is 11.4. The van der Waals surface area contributed by atoms with Crippen molar-refractivity contribution in [2.24, 2.45) is 0 Å². The van der Waals surface area contributed by atoms with Crippen LogP contribution in [0.3, 0.4) is 0 Å². The molecule has 0 radical (unpaired) electrons. The molecule has 0 fully saturated rings. The summed E-state index contributed by atoms with van der Waals surface area (Å²) in [6.07, 6.45) is -0.950. The summed E-state index contributed by atoms with van der Waals surface area (Å²) in [5, 5.41) is 38.6. The minimum absolute atomic E-state index is 0.133. The van der Waals surface area contributed by atoms with E-state index in [-0.39, 0.29) is 13.2 Å². The summed E-state index contributed by atoms with van der Waals surface area (Å²) >= 11 is 0. The second-order valence-electron chi connectivity index (χ2n) is 2.68. The average molecular weight is 286 g/mol. The molecule has 0 bridgehead atoms. The van der Waals surface area contributed by atoms with Crippen molar-refractivity contribution in [1.82, 2.24) is 0 Å². The molecule has 0 rings (SSSR count). The molecule has 0 aliphatic rings. The summed E-state index contributed by atoms with van der Waals surface area (Å²) in [6.45, 7) is 2.89. The van der Waals surface area contributed by atoms with E-state index in [9.17, 15) is 4.79 Å². The molecule has 0 aliphatic heterocycles. The van der Waals surface area contributed by atoms with Crippen molar-refractivity contribution in [3.8, 4) is 0 Å². The van der Waals surface area contributed by atoms with E-state index in [2.05, 4.69) is 4.74 Å². The van der Waals surface area contributed by atoms with Gasteiger partial charge in [-0.25, -0.2) is 0 Å². The van der Waals surface area contributed by atoms with Crippen LogP contribution in [0.2, 0.25) is 0 Å². The molecule has 0 spiro atoms. The maximum absolute atomic E-state index is 10.0.